The molecular weight excluding hydrogens is 284 g/mol. The van der Waals surface area contributed by atoms with Crippen molar-refractivity contribution in [1.82, 2.24) is 5.48 Å². The lowest BCUT2D eigenvalue weighted by Gasteiger charge is -2.20. The number of hydroxylamine groups is 1. The second-order valence-electron chi connectivity index (χ2n) is 6.95. The molecule has 1 aromatic carbocycles. The molecule has 0 aliphatic carbocycles. The van der Waals surface area contributed by atoms with Gasteiger partial charge < -0.3 is 10.5 Å². The van der Waals surface area contributed by atoms with E-state index in [1.54, 1.807) is 20.8 Å². The van der Waals surface area contributed by atoms with E-state index in [-0.39, 0.29) is 11.3 Å². The fourth-order valence-corrected chi connectivity index (χ4v) is 1.49. The fourth-order valence-electron chi connectivity index (χ4n) is 1.49. The molecule has 3 N–H and O–H groups in total. The van der Waals surface area contributed by atoms with Crippen LogP contribution >= 0.6 is 0 Å². The van der Waals surface area contributed by atoms with Crippen molar-refractivity contribution in [2.45, 2.75) is 52.7 Å². The first-order valence-electron chi connectivity index (χ1n) is 7.00. The van der Waals surface area contributed by atoms with Gasteiger partial charge in [-0.3, -0.25) is 9.63 Å². The van der Waals surface area contributed by atoms with Crippen molar-refractivity contribution in [3.05, 3.63) is 29.3 Å². The number of nitrogen functional groups attached to an aromatic ring is 1. The third-order valence-corrected chi connectivity index (χ3v) is 2.38. The largest absolute Gasteiger partial charge is 0.456 e. The quantitative estimate of drug-likeness (QED) is 0.509. The monoisotopic (exact) mass is 308 g/mol. The van der Waals surface area contributed by atoms with Gasteiger partial charge in [0, 0.05) is 5.69 Å². The van der Waals surface area contributed by atoms with Crippen molar-refractivity contribution in [1.29, 1.82) is 0 Å². The van der Waals surface area contributed by atoms with Gasteiger partial charge in [-0.1, -0.05) is 0 Å². The molecule has 0 unspecified atom stereocenters. The minimum absolute atomic E-state index is 0.179. The number of hydrogen-bond acceptors (Lipinski definition) is 5. The van der Waals surface area contributed by atoms with Gasteiger partial charge in [0.25, 0.3) is 5.91 Å². The maximum atomic E-state index is 12.0. The first kappa shape index (κ1) is 18.0. The molecule has 0 saturated heterocycles. The molecule has 1 aromatic rings. The Hall–Kier alpha value is -2.08. The van der Waals surface area contributed by atoms with E-state index in [2.05, 4.69) is 5.48 Å². The standard InChI is InChI=1S/C16H24N2O4/c1-15(2,3)21-14(20)10-7-8-11(12(17)9-10)13(19)18-22-16(4,5)6/h7-9H,17H2,1-6H3,(H,18,19). The van der Waals surface area contributed by atoms with Gasteiger partial charge in [-0.15, -0.1) is 0 Å². The van der Waals surface area contributed by atoms with Crippen LogP contribution in [0.2, 0.25) is 0 Å². The molecule has 1 amide bonds. The predicted octanol–water partition coefficient (Wildman–Crippen LogP) is 2.68. The number of carbonyl (C=O) groups excluding carboxylic acids is 2. The number of nitrogens with two attached hydrogens (primary N) is 1. The summed E-state index contributed by atoms with van der Waals surface area (Å²) in [5.74, 6) is -0.958. The smallest absolute Gasteiger partial charge is 0.338 e. The number of rotatable bonds is 3. The Bertz CT molecular complexity index is 568. The van der Waals surface area contributed by atoms with Gasteiger partial charge in [0.05, 0.1) is 16.7 Å². The third-order valence-electron chi connectivity index (χ3n) is 2.38. The van der Waals surface area contributed by atoms with Crippen molar-refractivity contribution >= 4 is 17.6 Å². The van der Waals surface area contributed by atoms with E-state index in [4.69, 9.17) is 15.3 Å². The molecule has 1 rings (SSSR count). The molecule has 0 radical (unpaired) electrons. The number of carbonyl (C=O) groups is 2. The molecule has 22 heavy (non-hydrogen) atoms. The molecular formula is C16H24N2O4. The second-order valence-corrected chi connectivity index (χ2v) is 6.95. The minimum atomic E-state index is -0.595. The van der Waals surface area contributed by atoms with Crippen molar-refractivity contribution in [2.24, 2.45) is 0 Å². The van der Waals surface area contributed by atoms with E-state index in [1.807, 2.05) is 20.8 Å². The van der Waals surface area contributed by atoms with Crippen molar-refractivity contribution in [3.8, 4) is 0 Å². The van der Waals surface area contributed by atoms with Gasteiger partial charge in [0.2, 0.25) is 0 Å². The van der Waals surface area contributed by atoms with Crippen molar-refractivity contribution in [2.75, 3.05) is 5.73 Å². The summed E-state index contributed by atoms with van der Waals surface area (Å²) in [7, 11) is 0. The van der Waals surface area contributed by atoms with Gasteiger partial charge in [0.1, 0.15) is 5.60 Å². The molecule has 0 aliphatic heterocycles. The number of nitrogens with one attached hydrogen (secondary N) is 1. The summed E-state index contributed by atoms with van der Waals surface area (Å²) in [5, 5.41) is 0. The van der Waals surface area contributed by atoms with E-state index in [9.17, 15) is 9.59 Å². The number of esters is 1. The molecule has 0 fully saturated rings. The Morgan fingerprint density at radius 2 is 1.64 bits per heavy atom. The summed E-state index contributed by atoms with van der Waals surface area (Å²) in [6, 6.07) is 4.38. The van der Waals surface area contributed by atoms with Gasteiger partial charge in [-0.05, 0) is 59.7 Å². The molecule has 6 heteroatoms. The van der Waals surface area contributed by atoms with Crippen LogP contribution in [0.4, 0.5) is 5.69 Å². The summed E-state index contributed by atoms with van der Waals surface area (Å²) in [5.41, 5.74) is 7.77. The van der Waals surface area contributed by atoms with E-state index in [0.717, 1.165) is 0 Å². The van der Waals surface area contributed by atoms with Crippen LogP contribution in [0.15, 0.2) is 18.2 Å². The Morgan fingerprint density at radius 3 is 2.09 bits per heavy atom. The van der Waals surface area contributed by atoms with Crippen LogP contribution in [-0.2, 0) is 9.57 Å². The predicted molar refractivity (Wildman–Crippen MR) is 84.3 cm³/mol. The van der Waals surface area contributed by atoms with Crippen molar-refractivity contribution in [3.63, 3.8) is 0 Å². The van der Waals surface area contributed by atoms with Crippen LogP contribution in [0.5, 0.6) is 0 Å². The summed E-state index contributed by atoms with van der Waals surface area (Å²) in [4.78, 5) is 29.1. The summed E-state index contributed by atoms with van der Waals surface area (Å²) >= 11 is 0. The number of amides is 1. The van der Waals surface area contributed by atoms with Gasteiger partial charge in [0.15, 0.2) is 0 Å². The molecule has 0 spiro atoms. The number of hydrogen-bond donors (Lipinski definition) is 2. The Labute approximate surface area is 130 Å². The topological polar surface area (TPSA) is 90.6 Å². The zero-order chi connectivity index (χ0) is 17.1. The molecule has 0 atom stereocenters. The van der Waals surface area contributed by atoms with Gasteiger partial charge in [-0.25, -0.2) is 10.3 Å². The Kier molecular flexibility index (Phi) is 5.19. The van der Waals surface area contributed by atoms with Crippen LogP contribution in [0, 0.1) is 0 Å². The summed E-state index contributed by atoms with van der Waals surface area (Å²) in [6.45, 7) is 10.8. The molecule has 0 heterocycles. The van der Waals surface area contributed by atoms with Gasteiger partial charge in [-0.2, -0.15) is 0 Å². The lowest BCUT2D eigenvalue weighted by atomic mass is 10.1. The van der Waals surface area contributed by atoms with Gasteiger partial charge >= 0.3 is 5.97 Å². The summed E-state index contributed by atoms with van der Waals surface area (Å²) in [6.07, 6.45) is 0. The van der Waals surface area contributed by atoms with E-state index < -0.39 is 23.1 Å². The fraction of sp³-hybridized carbons (Fsp3) is 0.500. The Morgan fingerprint density at radius 1 is 1.05 bits per heavy atom. The molecule has 0 saturated carbocycles. The molecule has 0 bridgehead atoms. The van der Waals surface area contributed by atoms with E-state index >= 15 is 0 Å². The number of benzene rings is 1. The van der Waals surface area contributed by atoms with Crippen molar-refractivity contribution < 1.29 is 19.2 Å². The van der Waals surface area contributed by atoms with Crippen LogP contribution in [0.25, 0.3) is 0 Å². The number of anilines is 1. The maximum absolute atomic E-state index is 12.0. The van der Waals surface area contributed by atoms with E-state index in [0.29, 0.717) is 5.56 Å². The molecule has 6 nitrogen and oxygen atoms in total. The zero-order valence-corrected chi connectivity index (χ0v) is 13.9. The highest BCUT2D eigenvalue weighted by Crippen LogP contribution is 2.18. The average Bonchev–Trinajstić information content (AvgIpc) is 2.32. The molecule has 122 valence electrons. The normalized spacial score (nSPS) is 11.9. The van der Waals surface area contributed by atoms with E-state index in [1.165, 1.54) is 18.2 Å². The first-order chi connectivity index (χ1) is 9.89. The second kappa shape index (κ2) is 6.36. The lowest BCUT2D eigenvalue weighted by Crippen LogP contribution is -2.34. The van der Waals surface area contributed by atoms with Crippen LogP contribution in [0.1, 0.15) is 62.3 Å². The third kappa shape index (κ3) is 5.73. The first-order valence-corrected chi connectivity index (χ1v) is 7.00. The molecule has 0 aliphatic rings. The highest BCUT2D eigenvalue weighted by atomic mass is 16.7. The maximum Gasteiger partial charge on any atom is 0.338 e. The Balaban J connectivity index is 2.86. The van der Waals surface area contributed by atoms with Crippen LogP contribution < -0.4 is 11.2 Å². The van der Waals surface area contributed by atoms with Crippen LogP contribution in [-0.4, -0.2) is 23.1 Å². The molecule has 0 aromatic heterocycles. The average molecular weight is 308 g/mol. The minimum Gasteiger partial charge on any atom is -0.456 e. The lowest BCUT2D eigenvalue weighted by molar-refractivity contribution is -0.0589. The SMILES string of the molecule is CC(C)(C)ONC(=O)c1ccc(C(=O)OC(C)(C)C)cc1N. The summed E-state index contributed by atoms with van der Waals surface area (Å²) < 4.78 is 5.25. The van der Waals surface area contributed by atoms with Crippen LogP contribution in [0.3, 0.4) is 0 Å². The highest BCUT2D eigenvalue weighted by Gasteiger charge is 2.20. The highest BCUT2D eigenvalue weighted by molar-refractivity contribution is 6.00. The number of ether oxygens (including phenoxy) is 1. The zero-order valence-electron chi connectivity index (χ0n) is 13.9.